The van der Waals surface area contributed by atoms with Crippen LogP contribution in [0.2, 0.25) is 0 Å². The number of rotatable bonds is 4. The highest BCUT2D eigenvalue weighted by atomic mass is 32.1. The predicted octanol–water partition coefficient (Wildman–Crippen LogP) is 2.88. The molecule has 0 bridgehead atoms. The van der Waals surface area contributed by atoms with Crippen molar-refractivity contribution in [3.8, 4) is 0 Å². The molecule has 2 aliphatic heterocycles. The van der Waals surface area contributed by atoms with Gasteiger partial charge in [0, 0.05) is 37.8 Å². The Hall–Kier alpha value is -1.92. The summed E-state index contributed by atoms with van der Waals surface area (Å²) in [6.45, 7) is 3.81. The molecule has 6 heteroatoms. The molecule has 0 spiro atoms. The third-order valence-corrected chi connectivity index (χ3v) is 5.69. The van der Waals surface area contributed by atoms with E-state index in [2.05, 4.69) is 51.9 Å². The monoisotopic (exact) mass is 356 g/mol. The van der Waals surface area contributed by atoms with Gasteiger partial charge < -0.3 is 19.5 Å². The van der Waals surface area contributed by atoms with E-state index in [-0.39, 0.29) is 18.2 Å². The van der Waals surface area contributed by atoms with E-state index in [9.17, 15) is 0 Å². The molecule has 2 aliphatic rings. The number of aryl methyl sites for hydroxylation is 1. The van der Waals surface area contributed by atoms with Crippen molar-refractivity contribution in [1.29, 1.82) is 0 Å². The number of ether oxygens (including phenoxy) is 1. The molecule has 2 aromatic heterocycles. The van der Waals surface area contributed by atoms with Gasteiger partial charge in [0.05, 0.1) is 23.9 Å². The van der Waals surface area contributed by atoms with Crippen LogP contribution in [0.25, 0.3) is 0 Å². The van der Waals surface area contributed by atoms with Crippen LogP contribution in [0.3, 0.4) is 0 Å². The van der Waals surface area contributed by atoms with Crippen molar-refractivity contribution in [1.82, 2.24) is 19.8 Å². The minimum Gasteiger partial charge on any atom is -0.376 e. The summed E-state index contributed by atoms with van der Waals surface area (Å²) in [4.78, 5) is 6.88. The Labute approximate surface area is 154 Å². The molecule has 0 saturated carbocycles. The second-order valence-corrected chi connectivity index (χ2v) is 7.26. The molecule has 0 unspecified atom stereocenters. The summed E-state index contributed by atoms with van der Waals surface area (Å²) < 4.78 is 8.12. The van der Waals surface area contributed by atoms with Gasteiger partial charge in [-0.1, -0.05) is 6.07 Å². The summed E-state index contributed by atoms with van der Waals surface area (Å²) in [5.74, 6) is 0. The largest absolute Gasteiger partial charge is 0.376 e. The maximum atomic E-state index is 5.87. The van der Waals surface area contributed by atoms with Gasteiger partial charge in [-0.05, 0) is 56.2 Å². The zero-order valence-electron chi connectivity index (χ0n) is 14.7. The van der Waals surface area contributed by atoms with Gasteiger partial charge in [0.2, 0.25) is 0 Å². The fraction of sp³-hybridized carbons (Fsp3) is 0.474. The van der Waals surface area contributed by atoms with E-state index in [4.69, 9.17) is 17.0 Å². The molecule has 2 fully saturated rings. The summed E-state index contributed by atoms with van der Waals surface area (Å²) in [6, 6.07) is 10.6. The van der Waals surface area contributed by atoms with Gasteiger partial charge in [0.25, 0.3) is 0 Å². The van der Waals surface area contributed by atoms with E-state index in [1.807, 2.05) is 18.3 Å². The number of nitrogens with zero attached hydrogens (tertiary/aromatic N) is 3. The minimum atomic E-state index is 0.0445. The SMILES string of the molecule is Cc1ccc([C@@H]2[C@@H](c3ccccn3)NC(=S)N2C[C@H]2CCCO2)n1C. The van der Waals surface area contributed by atoms with E-state index in [1.165, 1.54) is 11.4 Å². The van der Waals surface area contributed by atoms with Crippen LogP contribution in [-0.2, 0) is 11.8 Å². The van der Waals surface area contributed by atoms with Crippen molar-refractivity contribution >= 4 is 17.3 Å². The van der Waals surface area contributed by atoms with E-state index < -0.39 is 0 Å². The van der Waals surface area contributed by atoms with Crippen LogP contribution in [0.4, 0.5) is 0 Å². The van der Waals surface area contributed by atoms with Gasteiger partial charge in [-0.3, -0.25) is 4.98 Å². The normalized spacial score (nSPS) is 26.2. The van der Waals surface area contributed by atoms with E-state index in [0.717, 1.165) is 36.8 Å². The van der Waals surface area contributed by atoms with Gasteiger partial charge in [0.1, 0.15) is 0 Å². The molecule has 4 rings (SSSR count). The lowest BCUT2D eigenvalue weighted by molar-refractivity contribution is 0.0835. The van der Waals surface area contributed by atoms with E-state index in [1.54, 1.807) is 0 Å². The maximum Gasteiger partial charge on any atom is 0.170 e. The lowest BCUT2D eigenvalue weighted by Crippen LogP contribution is -2.36. The summed E-state index contributed by atoms with van der Waals surface area (Å²) in [7, 11) is 2.12. The molecule has 132 valence electrons. The van der Waals surface area contributed by atoms with Crippen LogP contribution < -0.4 is 5.32 Å². The molecule has 0 radical (unpaired) electrons. The molecular formula is C19H24N4OS. The molecule has 1 N–H and O–H groups in total. The molecule has 2 saturated heterocycles. The first-order valence-corrected chi connectivity index (χ1v) is 9.28. The average molecular weight is 356 g/mol. The van der Waals surface area contributed by atoms with Crippen molar-refractivity contribution < 1.29 is 4.74 Å². The van der Waals surface area contributed by atoms with E-state index >= 15 is 0 Å². The van der Waals surface area contributed by atoms with Gasteiger partial charge in [-0.25, -0.2) is 0 Å². The van der Waals surface area contributed by atoms with Crippen molar-refractivity contribution in [2.24, 2.45) is 7.05 Å². The Kier molecular flexibility index (Phi) is 4.48. The number of hydrogen-bond donors (Lipinski definition) is 1. The summed E-state index contributed by atoms with van der Waals surface area (Å²) in [5.41, 5.74) is 3.51. The van der Waals surface area contributed by atoms with Gasteiger partial charge in [0.15, 0.2) is 5.11 Å². The Bertz CT molecular complexity index is 754. The van der Waals surface area contributed by atoms with Gasteiger partial charge in [-0.15, -0.1) is 0 Å². The quantitative estimate of drug-likeness (QED) is 0.854. The fourth-order valence-corrected chi connectivity index (χ4v) is 4.18. The molecule has 0 amide bonds. The maximum absolute atomic E-state index is 5.87. The molecule has 2 aromatic rings. The zero-order chi connectivity index (χ0) is 17.4. The number of nitrogens with one attached hydrogen (secondary N) is 1. The highest BCUT2D eigenvalue weighted by Crippen LogP contribution is 2.39. The smallest absolute Gasteiger partial charge is 0.170 e. The number of aromatic nitrogens is 2. The molecule has 0 aromatic carbocycles. The lowest BCUT2D eigenvalue weighted by Gasteiger charge is -2.30. The number of hydrogen-bond acceptors (Lipinski definition) is 3. The van der Waals surface area contributed by atoms with Crippen molar-refractivity contribution in [3.63, 3.8) is 0 Å². The van der Waals surface area contributed by atoms with Crippen molar-refractivity contribution in [3.05, 3.63) is 53.6 Å². The summed E-state index contributed by atoms with van der Waals surface area (Å²) in [5, 5.41) is 4.29. The molecule has 5 nitrogen and oxygen atoms in total. The predicted molar refractivity (Wildman–Crippen MR) is 101 cm³/mol. The van der Waals surface area contributed by atoms with Crippen LogP contribution in [0.15, 0.2) is 36.5 Å². The average Bonchev–Trinajstić information content (AvgIpc) is 3.32. The third-order valence-electron chi connectivity index (χ3n) is 5.34. The fourth-order valence-electron chi connectivity index (χ4n) is 3.86. The van der Waals surface area contributed by atoms with Crippen molar-refractivity contribution in [2.75, 3.05) is 13.2 Å². The molecule has 4 heterocycles. The molecule has 0 aliphatic carbocycles. The zero-order valence-corrected chi connectivity index (χ0v) is 15.5. The topological polar surface area (TPSA) is 42.3 Å². The Morgan fingerprint density at radius 1 is 1.32 bits per heavy atom. The first kappa shape index (κ1) is 16.5. The van der Waals surface area contributed by atoms with Crippen LogP contribution >= 0.6 is 12.2 Å². The van der Waals surface area contributed by atoms with Gasteiger partial charge >= 0.3 is 0 Å². The molecular weight excluding hydrogens is 332 g/mol. The summed E-state index contributed by atoms with van der Waals surface area (Å²) in [6.07, 6.45) is 4.34. The lowest BCUT2D eigenvalue weighted by atomic mass is 10.0. The molecule has 25 heavy (non-hydrogen) atoms. The van der Waals surface area contributed by atoms with Crippen molar-refractivity contribution in [2.45, 2.75) is 38.0 Å². The first-order valence-electron chi connectivity index (χ1n) is 8.87. The second kappa shape index (κ2) is 6.77. The second-order valence-electron chi connectivity index (χ2n) is 6.87. The Balaban J connectivity index is 1.71. The first-order chi connectivity index (χ1) is 12.1. The third kappa shape index (κ3) is 3.04. The number of thiocarbonyl (C=S) groups is 1. The highest BCUT2D eigenvalue weighted by molar-refractivity contribution is 7.80. The number of pyridine rings is 1. The van der Waals surface area contributed by atoms with Crippen LogP contribution in [0, 0.1) is 6.92 Å². The van der Waals surface area contributed by atoms with E-state index in [0.29, 0.717) is 0 Å². The van der Waals surface area contributed by atoms with Crippen LogP contribution in [0.1, 0.15) is 42.0 Å². The Morgan fingerprint density at radius 3 is 2.84 bits per heavy atom. The Morgan fingerprint density at radius 2 is 2.20 bits per heavy atom. The summed E-state index contributed by atoms with van der Waals surface area (Å²) >= 11 is 5.70. The van der Waals surface area contributed by atoms with Gasteiger partial charge in [-0.2, -0.15) is 0 Å². The molecule has 3 atom stereocenters. The van der Waals surface area contributed by atoms with Crippen LogP contribution in [-0.4, -0.2) is 38.8 Å². The standard InChI is InChI=1S/C19H24N4OS/c1-13-8-9-16(22(13)2)18-17(15-7-3-4-10-20-15)21-19(25)23(18)12-14-6-5-11-24-14/h3-4,7-10,14,17-18H,5-6,11-12H2,1-2H3,(H,21,25)/t14-,17-,18-/m1/s1. The minimum absolute atomic E-state index is 0.0445. The van der Waals surface area contributed by atoms with Crippen LogP contribution in [0.5, 0.6) is 0 Å². The highest BCUT2D eigenvalue weighted by Gasteiger charge is 2.42.